The molecule has 0 atom stereocenters. The van der Waals surface area contributed by atoms with Crippen molar-refractivity contribution < 1.29 is 0 Å². The lowest BCUT2D eigenvalue weighted by Crippen LogP contribution is -2.02. The van der Waals surface area contributed by atoms with E-state index in [4.69, 9.17) is 0 Å². The zero-order valence-electron chi connectivity index (χ0n) is 7.86. The molecule has 0 aliphatic carbocycles. The van der Waals surface area contributed by atoms with Crippen LogP contribution < -0.4 is 0 Å². The molecular formula is C9H12N4. The Morgan fingerprint density at radius 1 is 1.31 bits per heavy atom. The van der Waals surface area contributed by atoms with Crippen molar-refractivity contribution in [3.63, 3.8) is 0 Å². The number of hydrogen-bond donors (Lipinski definition) is 0. The summed E-state index contributed by atoms with van der Waals surface area (Å²) in [6, 6.07) is 2.08. The first-order valence-electron chi connectivity index (χ1n) is 4.53. The molecule has 0 unspecified atom stereocenters. The van der Waals surface area contributed by atoms with Gasteiger partial charge >= 0.3 is 0 Å². The van der Waals surface area contributed by atoms with Crippen LogP contribution in [0.3, 0.4) is 0 Å². The lowest BCUT2D eigenvalue weighted by Gasteiger charge is -2.02. The van der Waals surface area contributed by atoms with E-state index in [0.717, 1.165) is 18.5 Å². The number of nitrogens with zero attached hydrogens (tertiary/aromatic N) is 4. The van der Waals surface area contributed by atoms with E-state index >= 15 is 0 Å². The van der Waals surface area contributed by atoms with Crippen LogP contribution in [0.25, 0.3) is 5.78 Å². The van der Waals surface area contributed by atoms with Crippen molar-refractivity contribution in [2.45, 2.75) is 26.7 Å². The summed E-state index contributed by atoms with van der Waals surface area (Å²) in [6.07, 6.45) is 3.44. The fourth-order valence-corrected chi connectivity index (χ4v) is 1.36. The van der Waals surface area contributed by atoms with E-state index in [9.17, 15) is 0 Å². The highest BCUT2D eigenvalue weighted by molar-refractivity contribution is 5.30. The smallest absolute Gasteiger partial charge is 0.216 e. The van der Waals surface area contributed by atoms with Gasteiger partial charge in [-0.05, 0) is 18.9 Å². The second-order valence-corrected chi connectivity index (χ2v) is 2.92. The van der Waals surface area contributed by atoms with Gasteiger partial charge < -0.3 is 0 Å². The molecule has 68 valence electrons. The third-order valence-corrected chi connectivity index (χ3v) is 2.10. The zero-order chi connectivity index (χ0) is 9.26. The number of aromatic nitrogens is 4. The quantitative estimate of drug-likeness (QED) is 0.691. The van der Waals surface area contributed by atoms with Crippen LogP contribution in [0.15, 0.2) is 12.4 Å². The van der Waals surface area contributed by atoms with Gasteiger partial charge in [0.15, 0.2) is 0 Å². The Kier molecular flexibility index (Phi) is 1.96. The predicted octanol–water partition coefficient (Wildman–Crippen LogP) is 1.25. The molecule has 0 aromatic carbocycles. The molecule has 0 amide bonds. The van der Waals surface area contributed by atoms with Crippen molar-refractivity contribution in [2.75, 3.05) is 0 Å². The van der Waals surface area contributed by atoms with Gasteiger partial charge in [0.2, 0.25) is 0 Å². The van der Waals surface area contributed by atoms with Crippen molar-refractivity contribution in [1.82, 2.24) is 19.6 Å². The predicted molar refractivity (Wildman–Crippen MR) is 49.5 cm³/mol. The van der Waals surface area contributed by atoms with Gasteiger partial charge in [0, 0.05) is 11.4 Å². The lowest BCUT2D eigenvalue weighted by atomic mass is 10.2. The minimum Gasteiger partial charge on any atom is -0.216 e. The molecule has 0 saturated carbocycles. The van der Waals surface area contributed by atoms with E-state index in [1.165, 1.54) is 5.69 Å². The fourth-order valence-electron chi connectivity index (χ4n) is 1.36. The number of fused-ring (bicyclic) bond motifs is 1. The van der Waals surface area contributed by atoms with Crippen LogP contribution in [-0.2, 0) is 12.8 Å². The third kappa shape index (κ3) is 1.28. The van der Waals surface area contributed by atoms with Crippen LogP contribution in [0.4, 0.5) is 0 Å². The monoisotopic (exact) mass is 176 g/mol. The standard InChI is InChI=1S/C9H12N4/c1-3-7-5-8(4-2)13-9(12-7)10-6-11-13/h5-6H,3-4H2,1-2H3. The van der Waals surface area contributed by atoms with Gasteiger partial charge in [0.25, 0.3) is 5.78 Å². The number of aryl methyl sites for hydroxylation is 2. The summed E-state index contributed by atoms with van der Waals surface area (Å²) >= 11 is 0. The molecule has 0 aliphatic rings. The van der Waals surface area contributed by atoms with Crippen molar-refractivity contribution in [2.24, 2.45) is 0 Å². The van der Waals surface area contributed by atoms with Gasteiger partial charge in [-0.2, -0.15) is 10.1 Å². The highest BCUT2D eigenvalue weighted by Crippen LogP contribution is 2.06. The molecule has 0 aliphatic heterocycles. The Balaban J connectivity index is 2.70. The highest BCUT2D eigenvalue weighted by Gasteiger charge is 2.03. The summed E-state index contributed by atoms with van der Waals surface area (Å²) in [7, 11) is 0. The van der Waals surface area contributed by atoms with Gasteiger partial charge in [-0.15, -0.1) is 0 Å². The Bertz CT molecular complexity index is 418. The highest BCUT2D eigenvalue weighted by atomic mass is 15.3. The minimum atomic E-state index is 0.705. The van der Waals surface area contributed by atoms with E-state index in [-0.39, 0.29) is 0 Å². The Labute approximate surface area is 76.6 Å². The van der Waals surface area contributed by atoms with Crippen LogP contribution in [0.1, 0.15) is 25.2 Å². The molecule has 0 bridgehead atoms. The molecule has 0 radical (unpaired) electrons. The van der Waals surface area contributed by atoms with Crippen LogP contribution in [-0.4, -0.2) is 19.6 Å². The van der Waals surface area contributed by atoms with E-state index < -0.39 is 0 Å². The van der Waals surface area contributed by atoms with E-state index in [1.54, 1.807) is 10.8 Å². The average molecular weight is 176 g/mol. The minimum absolute atomic E-state index is 0.705. The Hall–Kier alpha value is -1.45. The van der Waals surface area contributed by atoms with E-state index in [1.807, 2.05) is 0 Å². The average Bonchev–Trinajstić information content (AvgIpc) is 2.63. The van der Waals surface area contributed by atoms with Gasteiger partial charge in [-0.3, -0.25) is 0 Å². The molecular weight excluding hydrogens is 164 g/mol. The van der Waals surface area contributed by atoms with Gasteiger partial charge in [-0.25, -0.2) is 9.50 Å². The maximum Gasteiger partial charge on any atom is 0.252 e. The Morgan fingerprint density at radius 3 is 2.85 bits per heavy atom. The molecule has 0 spiro atoms. The molecule has 0 fully saturated rings. The summed E-state index contributed by atoms with van der Waals surface area (Å²) in [6.45, 7) is 4.20. The SMILES string of the molecule is CCc1cc(CC)n2ncnc2n1. The van der Waals surface area contributed by atoms with E-state index in [0.29, 0.717) is 5.78 Å². The van der Waals surface area contributed by atoms with Gasteiger partial charge in [0.05, 0.1) is 0 Å². The van der Waals surface area contributed by atoms with Crippen LogP contribution >= 0.6 is 0 Å². The fraction of sp³-hybridized carbons (Fsp3) is 0.444. The van der Waals surface area contributed by atoms with Crippen LogP contribution in [0.5, 0.6) is 0 Å². The second-order valence-electron chi connectivity index (χ2n) is 2.92. The van der Waals surface area contributed by atoms with Crippen molar-refractivity contribution in [1.29, 1.82) is 0 Å². The molecule has 2 heterocycles. The molecule has 2 aromatic rings. The largest absolute Gasteiger partial charge is 0.252 e. The maximum absolute atomic E-state index is 4.35. The molecule has 0 N–H and O–H groups in total. The van der Waals surface area contributed by atoms with Crippen LogP contribution in [0, 0.1) is 0 Å². The molecule has 4 heteroatoms. The molecule has 2 aromatic heterocycles. The lowest BCUT2D eigenvalue weighted by molar-refractivity contribution is 0.832. The summed E-state index contributed by atoms with van der Waals surface area (Å²) in [4.78, 5) is 8.43. The first-order chi connectivity index (χ1) is 6.35. The summed E-state index contributed by atoms with van der Waals surface area (Å²) in [5.74, 6) is 0.705. The maximum atomic E-state index is 4.35. The number of rotatable bonds is 2. The number of hydrogen-bond acceptors (Lipinski definition) is 3. The van der Waals surface area contributed by atoms with Crippen molar-refractivity contribution in [3.8, 4) is 0 Å². The Morgan fingerprint density at radius 2 is 2.15 bits per heavy atom. The van der Waals surface area contributed by atoms with Crippen molar-refractivity contribution >= 4 is 5.78 Å². The van der Waals surface area contributed by atoms with Crippen molar-refractivity contribution in [3.05, 3.63) is 23.8 Å². The first-order valence-corrected chi connectivity index (χ1v) is 4.53. The normalized spacial score (nSPS) is 10.9. The van der Waals surface area contributed by atoms with Gasteiger partial charge in [-0.1, -0.05) is 13.8 Å². The first kappa shape index (κ1) is 8.16. The molecule has 0 saturated heterocycles. The zero-order valence-corrected chi connectivity index (χ0v) is 7.86. The molecule has 13 heavy (non-hydrogen) atoms. The topological polar surface area (TPSA) is 43.1 Å². The third-order valence-electron chi connectivity index (χ3n) is 2.10. The summed E-state index contributed by atoms with van der Waals surface area (Å²) in [5.41, 5.74) is 2.25. The van der Waals surface area contributed by atoms with E-state index in [2.05, 4.69) is 35.0 Å². The summed E-state index contributed by atoms with van der Waals surface area (Å²) in [5, 5.41) is 4.11. The van der Waals surface area contributed by atoms with Gasteiger partial charge in [0.1, 0.15) is 6.33 Å². The van der Waals surface area contributed by atoms with Crippen LogP contribution in [0.2, 0.25) is 0 Å². The molecule has 2 rings (SSSR count). The molecule has 4 nitrogen and oxygen atoms in total. The second kappa shape index (κ2) is 3.12. The summed E-state index contributed by atoms with van der Waals surface area (Å²) < 4.78 is 1.79.